The molecule has 2 aromatic rings. The predicted octanol–water partition coefficient (Wildman–Crippen LogP) is 4.19. The van der Waals surface area contributed by atoms with Crippen LogP contribution in [0, 0.1) is 0 Å². The summed E-state index contributed by atoms with van der Waals surface area (Å²) < 4.78 is 0. The molecule has 0 spiro atoms. The van der Waals surface area contributed by atoms with Crippen molar-refractivity contribution < 1.29 is 5.11 Å². The second-order valence-corrected chi connectivity index (χ2v) is 6.46. The second-order valence-electron chi connectivity index (χ2n) is 6.46. The van der Waals surface area contributed by atoms with E-state index in [1.54, 1.807) is 0 Å². The lowest BCUT2D eigenvalue weighted by Gasteiger charge is -2.24. The molecule has 1 nitrogen and oxygen atoms in total. The van der Waals surface area contributed by atoms with E-state index in [0.717, 1.165) is 12.0 Å². The molecular weight excluding hydrogens is 256 g/mol. The number of hydrogen-bond acceptors (Lipinski definition) is 1. The Morgan fingerprint density at radius 1 is 0.952 bits per heavy atom. The Morgan fingerprint density at radius 2 is 1.62 bits per heavy atom. The van der Waals surface area contributed by atoms with Gasteiger partial charge in [-0.25, -0.2) is 0 Å². The maximum atomic E-state index is 10.9. The van der Waals surface area contributed by atoms with E-state index in [2.05, 4.69) is 49.4 Å². The molecule has 0 amide bonds. The number of rotatable bonds is 4. The zero-order chi connectivity index (χ0) is 14.9. The molecule has 1 atom stereocenters. The number of benzene rings is 2. The average Bonchev–Trinajstić information content (AvgIpc) is 2.94. The fourth-order valence-corrected chi connectivity index (χ4v) is 3.33. The molecule has 0 saturated heterocycles. The molecule has 21 heavy (non-hydrogen) atoms. The highest BCUT2D eigenvalue weighted by molar-refractivity contribution is 5.37. The number of aliphatic hydroxyl groups is 1. The van der Waals surface area contributed by atoms with E-state index < -0.39 is 5.60 Å². The average molecular weight is 280 g/mol. The highest BCUT2D eigenvalue weighted by Crippen LogP contribution is 2.29. The summed E-state index contributed by atoms with van der Waals surface area (Å²) in [6.45, 7) is 4.07. The van der Waals surface area contributed by atoms with E-state index in [-0.39, 0.29) is 0 Å². The monoisotopic (exact) mass is 280 g/mol. The van der Waals surface area contributed by atoms with Gasteiger partial charge in [0.2, 0.25) is 0 Å². The number of fused-ring (bicyclic) bond motifs is 1. The largest absolute Gasteiger partial charge is 0.385 e. The highest BCUT2D eigenvalue weighted by atomic mass is 16.3. The van der Waals surface area contributed by atoms with E-state index in [1.807, 2.05) is 6.92 Å². The van der Waals surface area contributed by atoms with Crippen LogP contribution in [0.1, 0.15) is 48.1 Å². The fraction of sp³-hybridized carbons (Fsp3) is 0.400. The summed E-state index contributed by atoms with van der Waals surface area (Å²) in [6.07, 6.45) is 5.38. The molecule has 1 heteroatoms. The summed E-state index contributed by atoms with van der Waals surface area (Å²) in [6, 6.07) is 15.1. The quantitative estimate of drug-likeness (QED) is 0.890. The van der Waals surface area contributed by atoms with Gasteiger partial charge in [-0.15, -0.1) is 0 Å². The van der Waals surface area contributed by atoms with Gasteiger partial charge in [0.1, 0.15) is 0 Å². The Hall–Kier alpha value is -1.60. The van der Waals surface area contributed by atoms with Crippen molar-refractivity contribution in [1.29, 1.82) is 0 Å². The van der Waals surface area contributed by atoms with E-state index in [1.165, 1.54) is 41.5 Å². The molecule has 0 aromatic heterocycles. The van der Waals surface area contributed by atoms with E-state index in [4.69, 9.17) is 0 Å². The van der Waals surface area contributed by atoms with E-state index >= 15 is 0 Å². The van der Waals surface area contributed by atoms with Crippen LogP contribution in [0.3, 0.4) is 0 Å². The van der Waals surface area contributed by atoms with Gasteiger partial charge in [0, 0.05) is 6.42 Å². The zero-order valence-electron chi connectivity index (χ0n) is 13.0. The van der Waals surface area contributed by atoms with Crippen molar-refractivity contribution >= 4 is 0 Å². The van der Waals surface area contributed by atoms with Gasteiger partial charge in [-0.05, 0) is 60.4 Å². The van der Waals surface area contributed by atoms with Crippen molar-refractivity contribution in [1.82, 2.24) is 0 Å². The molecule has 1 aliphatic carbocycles. The minimum atomic E-state index is -0.806. The summed E-state index contributed by atoms with van der Waals surface area (Å²) in [5.41, 5.74) is 5.71. The van der Waals surface area contributed by atoms with Crippen molar-refractivity contribution in [3.8, 4) is 0 Å². The molecule has 0 fully saturated rings. The van der Waals surface area contributed by atoms with Crippen LogP contribution in [0.4, 0.5) is 0 Å². The van der Waals surface area contributed by atoms with E-state index in [0.29, 0.717) is 6.42 Å². The van der Waals surface area contributed by atoms with Crippen molar-refractivity contribution in [3.05, 3.63) is 70.3 Å². The summed E-state index contributed by atoms with van der Waals surface area (Å²) in [5.74, 6) is 0. The van der Waals surface area contributed by atoms with Crippen LogP contribution in [-0.4, -0.2) is 5.11 Å². The van der Waals surface area contributed by atoms with Crippen LogP contribution in [0.5, 0.6) is 0 Å². The zero-order valence-corrected chi connectivity index (χ0v) is 13.0. The van der Waals surface area contributed by atoms with Crippen LogP contribution in [-0.2, 0) is 31.3 Å². The SMILES string of the molecule is CCc1ccc(C(C)(O)Cc2ccc3c(c2)CCC3)cc1. The Morgan fingerprint density at radius 3 is 2.33 bits per heavy atom. The van der Waals surface area contributed by atoms with Crippen molar-refractivity contribution in [2.45, 2.75) is 51.6 Å². The fourth-order valence-electron chi connectivity index (χ4n) is 3.33. The summed E-state index contributed by atoms with van der Waals surface area (Å²) >= 11 is 0. The first-order chi connectivity index (χ1) is 10.1. The molecule has 2 aromatic carbocycles. The van der Waals surface area contributed by atoms with Crippen LogP contribution in [0.25, 0.3) is 0 Å². The van der Waals surface area contributed by atoms with Gasteiger partial charge in [0.25, 0.3) is 0 Å². The van der Waals surface area contributed by atoms with Crippen molar-refractivity contribution in [2.24, 2.45) is 0 Å². The summed E-state index contributed by atoms with van der Waals surface area (Å²) in [7, 11) is 0. The van der Waals surface area contributed by atoms with Crippen LogP contribution < -0.4 is 0 Å². The first kappa shape index (κ1) is 14.3. The minimum Gasteiger partial charge on any atom is -0.385 e. The van der Waals surface area contributed by atoms with E-state index in [9.17, 15) is 5.11 Å². The van der Waals surface area contributed by atoms with Gasteiger partial charge in [-0.3, -0.25) is 0 Å². The maximum Gasteiger partial charge on any atom is 0.0908 e. The van der Waals surface area contributed by atoms with Gasteiger partial charge in [-0.1, -0.05) is 49.4 Å². The molecule has 3 rings (SSSR count). The third kappa shape index (κ3) is 3.03. The first-order valence-electron chi connectivity index (χ1n) is 8.01. The Kier molecular flexibility index (Phi) is 3.86. The number of aryl methyl sites for hydroxylation is 3. The molecule has 1 aliphatic rings. The third-order valence-corrected chi connectivity index (χ3v) is 4.70. The topological polar surface area (TPSA) is 20.2 Å². The lowest BCUT2D eigenvalue weighted by atomic mass is 9.87. The second kappa shape index (κ2) is 5.65. The number of hydrogen-bond donors (Lipinski definition) is 1. The Balaban J connectivity index is 1.81. The lowest BCUT2D eigenvalue weighted by molar-refractivity contribution is 0.0576. The molecular formula is C20H24O. The predicted molar refractivity (Wildman–Crippen MR) is 87.6 cm³/mol. The van der Waals surface area contributed by atoms with Crippen molar-refractivity contribution in [2.75, 3.05) is 0 Å². The van der Waals surface area contributed by atoms with Gasteiger partial charge < -0.3 is 5.11 Å². The van der Waals surface area contributed by atoms with Crippen LogP contribution in [0.2, 0.25) is 0 Å². The van der Waals surface area contributed by atoms with Crippen LogP contribution in [0.15, 0.2) is 42.5 Å². The van der Waals surface area contributed by atoms with Gasteiger partial charge >= 0.3 is 0 Å². The molecule has 1 N–H and O–H groups in total. The highest BCUT2D eigenvalue weighted by Gasteiger charge is 2.24. The van der Waals surface area contributed by atoms with Gasteiger partial charge in [-0.2, -0.15) is 0 Å². The van der Waals surface area contributed by atoms with Gasteiger partial charge in [0.15, 0.2) is 0 Å². The summed E-state index contributed by atoms with van der Waals surface area (Å²) in [5, 5.41) is 10.9. The third-order valence-electron chi connectivity index (χ3n) is 4.70. The maximum absolute atomic E-state index is 10.9. The van der Waals surface area contributed by atoms with Crippen molar-refractivity contribution in [3.63, 3.8) is 0 Å². The normalized spacial score (nSPS) is 16.5. The first-order valence-corrected chi connectivity index (χ1v) is 8.01. The molecule has 0 heterocycles. The molecule has 0 aliphatic heterocycles. The van der Waals surface area contributed by atoms with Crippen LogP contribution >= 0.6 is 0 Å². The molecule has 0 saturated carbocycles. The molecule has 0 radical (unpaired) electrons. The standard InChI is InChI=1S/C20H24O/c1-3-15-8-11-19(12-9-15)20(2,21)14-16-7-10-17-5-4-6-18(17)13-16/h7-13,21H,3-6,14H2,1-2H3. The minimum absolute atomic E-state index is 0.672. The molecule has 110 valence electrons. The lowest BCUT2D eigenvalue weighted by Crippen LogP contribution is -2.24. The molecule has 0 bridgehead atoms. The Bertz CT molecular complexity index is 623. The van der Waals surface area contributed by atoms with Gasteiger partial charge in [0.05, 0.1) is 5.60 Å². The Labute approximate surface area is 127 Å². The molecule has 1 unspecified atom stereocenters. The smallest absolute Gasteiger partial charge is 0.0908 e. The summed E-state index contributed by atoms with van der Waals surface area (Å²) in [4.78, 5) is 0.